The SMILES string of the molecule is N#Cc1cccc(N2CC(C(=O)Nc3c(Cl)cccc3Cl)CC2=O)c1. The lowest BCUT2D eigenvalue weighted by molar-refractivity contribution is -0.122. The molecule has 0 saturated carbocycles. The van der Waals surface area contributed by atoms with Crippen LogP contribution in [-0.2, 0) is 9.59 Å². The Balaban J connectivity index is 1.76. The molecule has 7 heteroatoms. The molecule has 0 radical (unpaired) electrons. The van der Waals surface area contributed by atoms with Crippen LogP contribution >= 0.6 is 23.2 Å². The van der Waals surface area contributed by atoms with Crippen molar-refractivity contribution in [3.8, 4) is 6.07 Å². The number of carbonyl (C=O) groups excluding carboxylic acids is 2. The minimum absolute atomic E-state index is 0.0880. The van der Waals surface area contributed by atoms with E-state index in [0.29, 0.717) is 27.0 Å². The van der Waals surface area contributed by atoms with Crippen LogP contribution in [0.4, 0.5) is 11.4 Å². The minimum Gasteiger partial charge on any atom is -0.323 e. The van der Waals surface area contributed by atoms with Crippen LogP contribution in [-0.4, -0.2) is 18.4 Å². The molecule has 0 spiro atoms. The van der Waals surface area contributed by atoms with Crippen molar-refractivity contribution in [3.05, 3.63) is 58.1 Å². The number of amides is 2. The first-order chi connectivity index (χ1) is 12.0. The molecule has 1 N–H and O–H groups in total. The van der Waals surface area contributed by atoms with E-state index >= 15 is 0 Å². The van der Waals surface area contributed by atoms with Gasteiger partial charge in [-0.05, 0) is 30.3 Å². The van der Waals surface area contributed by atoms with Crippen LogP contribution in [0.3, 0.4) is 0 Å². The fourth-order valence-electron chi connectivity index (χ4n) is 2.72. The highest BCUT2D eigenvalue weighted by molar-refractivity contribution is 6.39. The molecule has 2 aromatic rings. The Labute approximate surface area is 154 Å². The van der Waals surface area contributed by atoms with Crippen molar-refractivity contribution in [2.24, 2.45) is 5.92 Å². The number of hydrogen-bond acceptors (Lipinski definition) is 3. The van der Waals surface area contributed by atoms with E-state index in [9.17, 15) is 9.59 Å². The summed E-state index contributed by atoms with van der Waals surface area (Å²) in [6, 6.07) is 13.7. The van der Waals surface area contributed by atoms with Crippen molar-refractivity contribution in [1.29, 1.82) is 5.26 Å². The van der Waals surface area contributed by atoms with Crippen LogP contribution in [0.15, 0.2) is 42.5 Å². The third-order valence-electron chi connectivity index (χ3n) is 3.99. The maximum Gasteiger partial charge on any atom is 0.229 e. The van der Waals surface area contributed by atoms with Gasteiger partial charge in [-0.1, -0.05) is 35.3 Å². The molecule has 0 aromatic heterocycles. The topological polar surface area (TPSA) is 73.2 Å². The van der Waals surface area contributed by atoms with Crippen LogP contribution in [0.5, 0.6) is 0 Å². The molecule has 0 aliphatic carbocycles. The Kier molecular flexibility index (Phi) is 4.93. The van der Waals surface area contributed by atoms with Gasteiger partial charge in [0.25, 0.3) is 0 Å². The highest BCUT2D eigenvalue weighted by Crippen LogP contribution is 2.32. The standard InChI is InChI=1S/C18H13Cl2N3O2/c19-14-5-2-6-15(20)17(14)22-18(25)12-8-16(24)23(10-12)13-4-1-3-11(7-13)9-21/h1-7,12H,8,10H2,(H,22,25). The fourth-order valence-corrected chi connectivity index (χ4v) is 3.21. The van der Waals surface area contributed by atoms with Gasteiger partial charge >= 0.3 is 0 Å². The van der Waals surface area contributed by atoms with Crippen LogP contribution in [0.1, 0.15) is 12.0 Å². The van der Waals surface area contributed by atoms with Gasteiger partial charge in [-0.15, -0.1) is 0 Å². The lowest BCUT2D eigenvalue weighted by Crippen LogP contribution is -2.28. The van der Waals surface area contributed by atoms with E-state index in [1.165, 1.54) is 4.90 Å². The van der Waals surface area contributed by atoms with E-state index in [2.05, 4.69) is 5.32 Å². The molecule has 1 saturated heterocycles. The molecule has 25 heavy (non-hydrogen) atoms. The smallest absolute Gasteiger partial charge is 0.229 e. The number of halogens is 2. The average Bonchev–Trinajstić information content (AvgIpc) is 3.00. The quantitative estimate of drug-likeness (QED) is 0.887. The van der Waals surface area contributed by atoms with Crippen molar-refractivity contribution in [2.45, 2.75) is 6.42 Å². The van der Waals surface area contributed by atoms with Crippen molar-refractivity contribution in [1.82, 2.24) is 0 Å². The number of hydrogen-bond donors (Lipinski definition) is 1. The Bertz CT molecular complexity index is 872. The fraction of sp³-hybridized carbons (Fsp3) is 0.167. The second-order valence-corrected chi connectivity index (χ2v) is 6.47. The van der Waals surface area contributed by atoms with E-state index in [4.69, 9.17) is 28.5 Å². The number of nitrogens with one attached hydrogen (secondary N) is 1. The second kappa shape index (κ2) is 7.14. The predicted molar refractivity (Wildman–Crippen MR) is 96.7 cm³/mol. The Morgan fingerprint density at radius 1 is 1.20 bits per heavy atom. The molecule has 1 aliphatic rings. The molecule has 1 aliphatic heterocycles. The third-order valence-corrected chi connectivity index (χ3v) is 4.62. The van der Waals surface area contributed by atoms with Crippen LogP contribution in [0.2, 0.25) is 10.0 Å². The first-order valence-corrected chi connectivity index (χ1v) is 8.30. The van der Waals surface area contributed by atoms with Crippen molar-refractivity contribution in [3.63, 3.8) is 0 Å². The summed E-state index contributed by atoms with van der Waals surface area (Å²) in [7, 11) is 0. The number of rotatable bonds is 3. The summed E-state index contributed by atoms with van der Waals surface area (Å²) in [5.74, 6) is -1.01. The summed E-state index contributed by atoms with van der Waals surface area (Å²) in [6.45, 7) is 0.238. The lowest BCUT2D eigenvalue weighted by Gasteiger charge is -2.17. The molecule has 1 unspecified atom stereocenters. The van der Waals surface area contributed by atoms with E-state index in [1.54, 1.807) is 42.5 Å². The largest absolute Gasteiger partial charge is 0.323 e. The van der Waals surface area contributed by atoms with Gasteiger partial charge in [-0.2, -0.15) is 5.26 Å². The van der Waals surface area contributed by atoms with Gasteiger partial charge in [0.1, 0.15) is 0 Å². The summed E-state index contributed by atoms with van der Waals surface area (Å²) in [5.41, 5.74) is 1.41. The van der Waals surface area contributed by atoms with Crippen LogP contribution in [0.25, 0.3) is 0 Å². The van der Waals surface area contributed by atoms with Crippen LogP contribution < -0.4 is 10.2 Å². The number of anilines is 2. The van der Waals surface area contributed by atoms with Crippen molar-refractivity contribution in [2.75, 3.05) is 16.8 Å². The average molecular weight is 374 g/mol. The van der Waals surface area contributed by atoms with Gasteiger partial charge in [0.2, 0.25) is 11.8 Å². The van der Waals surface area contributed by atoms with E-state index < -0.39 is 5.92 Å². The molecular weight excluding hydrogens is 361 g/mol. The third kappa shape index (κ3) is 3.60. The highest BCUT2D eigenvalue weighted by atomic mass is 35.5. The Hall–Kier alpha value is -2.55. The molecule has 1 heterocycles. The normalized spacial score (nSPS) is 16.6. The molecule has 2 aromatic carbocycles. The molecule has 126 valence electrons. The number of benzene rings is 2. The second-order valence-electron chi connectivity index (χ2n) is 5.65. The van der Waals surface area contributed by atoms with Crippen molar-refractivity contribution >= 4 is 46.4 Å². The zero-order chi connectivity index (χ0) is 18.0. The molecule has 3 rings (SSSR count). The molecule has 1 fully saturated rings. The van der Waals surface area contributed by atoms with Crippen LogP contribution in [0, 0.1) is 17.2 Å². The maximum atomic E-state index is 12.5. The predicted octanol–water partition coefficient (Wildman–Crippen LogP) is 3.86. The van der Waals surface area contributed by atoms with Gasteiger partial charge in [0.05, 0.1) is 33.3 Å². The summed E-state index contributed by atoms with van der Waals surface area (Å²) in [4.78, 5) is 26.3. The van der Waals surface area contributed by atoms with Gasteiger partial charge in [-0.3, -0.25) is 9.59 Å². The number of nitrogens with zero attached hydrogens (tertiary/aromatic N) is 2. The van der Waals surface area contributed by atoms with Gasteiger partial charge in [-0.25, -0.2) is 0 Å². The number of nitriles is 1. The maximum absolute atomic E-state index is 12.5. The monoisotopic (exact) mass is 373 g/mol. The Morgan fingerprint density at radius 2 is 1.88 bits per heavy atom. The summed E-state index contributed by atoms with van der Waals surface area (Å²) < 4.78 is 0. The van der Waals surface area contributed by atoms with Gasteiger partial charge in [0.15, 0.2) is 0 Å². The van der Waals surface area contributed by atoms with E-state index in [-0.39, 0.29) is 24.8 Å². The number of para-hydroxylation sites is 1. The van der Waals surface area contributed by atoms with E-state index in [1.807, 2.05) is 6.07 Å². The van der Waals surface area contributed by atoms with E-state index in [0.717, 1.165) is 0 Å². The first kappa shape index (κ1) is 17.3. The molecule has 5 nitrogen and oxygen atoms in total. The number of carbonyl (C=O) groups is 2. The summed E-state index contributed by atoms with van der Waals surface area (Å²) in [6.07, 6.45) is 0.0880. The molecule has 1 atom stereocenters. The molecule has 2 amide bonds. The minimum atomic E-state index is -0.523. The zero-order valence-corrected chi connectivity index (χ0v) is 14.5. The van der Waals surface area contributed by atoms with Gasteiger partial charge < -0.3 is 10.2 Å². The molecular formula is C18H13Cl2N3O2. The Morgan fingerprint density at radius 3 is 2.56 bits per heavy atom. The highest BCUT2D eigenvalue weighted by Gasteiger charge is 2.35. The summed E-state index contributed by atoms with van der Waals surface area (Å²) in [5, 5.41) is 12.4. The lowest BCUT2D eigenvalue weighted by atomic mass is 10.1. The van der Waals surface area contributed by atoms with Gasteiger partial charge in [0, 0.05) is 18.7 Å². The molecule has 0 bridgehead atoms. The first-order valence-electron chi connectivity index (χ1n) is 7.55. The van der Waals surface area contributed by atoms with Crippen molar-refractivity contribution < 1.29 is 9.59 Å². The zero-order valence-electron chi connectivity index (χ0n) is 13.0. The summed E-state index contributed by atoms with van der Waals surface area (Å²) >= 11 is 12.1.